The Kier molecular flexibility index (Phi) is 4.44. The van der Waals surface area contributed by atoms with Crippen LogP contribution in [0, 0.1) is 0 Å². The van der Waals surface area contributed by atoms with Crippen LogP contribution in [-0.2, 0) is 6.42 Å². The number of aromatic amines is 1. The van der Waals surface area contributed by atoms with Gasteiger partial charge in [-0.2, -0.15) is 0 Å². The maximum Gasteiger partial charge on any atom is 0.417 e. The molecule has 0 amide bonds. The summed E-state index contributed by atoms with van der Waals surface area (Å²) in [5, 5.41) is 11.0. The van der Waals surface area contributed by atoms with Crippen LogP contribution in [-0.4, -0.2) is 52.7 Å². The molecule has 1 aliphatic rings. The number of piperazine rings is 1. The van der Waals surface area contributed by atoms with Crippen molar-refractivity contribution < 1.29 is 9.52 Å². The summed E-state index contributed by atoms with van der Waals surface area (Å²) in [4.78, 5) is 23.2. The number of nitrogens with one attached hydrogen (secondary N) is 1. The Balaban J connectivity index is 1.24. The summed E-state index contributed by atoms with van der Waals surface area (Å²) >= 11 is 0. The van der Waals surface area contributed by atoms with Gasteiger partial charge in [0.15, 0.2) is 5.58 Å². The maximum absolute atomic E-state index is 11.3. The van der Waals surface area contributed by atoms with Crippen LogP contribution >= 0.6 is 0 Å². The van der Waals surface area contributed by atoms with E-state index in [4.69, 9.17) is 4.42 Å². The van der Waals surface area contributed by atoms with Crippen molar-refractivity contribution in [2.75, 3.05) is 37.6 Å². The topological polar surface area (TPSA) is 85.6 Å². The minimum absolute atomic E-state index is 0.273. The standard InChI is InChI=1S/C22H22N4O3/c27-17-13-16-2-1-6-23-21(16)19(14-17)26-10-8-25(9-11-26)7-5-15-3-4-18-20(12-15)29-22(28)24-18/h1-4,6,12-14,27H,5,7-11H2,(H,24,28). The first-order chi connectivity index (χ1) is 14.2. The fraction of sp³-hybridized carbons (Fsp3) is 0.273. The average Bonchev–Trinajstić information content (AvgIpc) is 3.11. The largest absolute Gasteiger partial charge is 0.508 e. The Morgan fingerprint density at radius 1 is 1.10 bits per heavy atom. The number of phenolic OH excluding ortho intramolecular Hbond substituents is 1. The van der Waals surface area contributed by atoms with Crippen LogP contribution in [0.5, 0.6) is 5.75 Å². The quantitative estimate of drug-likeness (QED) is 0.557. The summed E-state index contributed by atoms with van der Waals surface area (Å²) in [6, 6.07) is 13.3. The Morgan fingerprint density at radius 2 is 1.97 bits per heavy atom. The number of hydrogen-bond donors (Lipinski definition) is 2. The van der Waals surface area contributed by atoms with E-state index in [2.05, 4.69) is 19.8 Å². The molecule has 2 aromatic heterocycles. The van der Waals surface area contributed by atoms with Crippen LogP contribution < -0.4 is 10.7 Å². The van der Waals surface area contributed by atoms with Crippen LogP contribution in [0.1, 0.15) is 5.56 Å². The summed E-state index contributed by atoms with van der Waals surface area (Å²) in [6.45, 7) is 4.63. The monoisotopic (exact) mass is 390 g/mol. The zero-order valence-corrected chi connectivity index (χ0v) is 16.0. The zero-order chi connectivity index (χ0) is 19.8. The van der Waals surface area contributed by atoms with Crippen molar-refractivity contribution in [3.8, 4) is 5.75 Å². The molecule has 3 heterocycles. The van der Waals surface area contributed by atoms with E-state index in [1.54, 1.807) is 12.3 Å². The van der Waals surface area contributed by atoms with E-state index >= 15 is 0 Å². The van der Waals surface area contributed by atoms with E-state index in [1.165, 1.54) is 0 Å². The number of oxazole rings is 1. The van der Waals surface area contributed by atoms with Crippen molar-refractivity contribution in [3.05, 3.63) is 64.8 Å². The van der Waals surface area contributed by atoms with Gasteiger partial charge in [0, 0.05) is 50.4 Å². The lowest BCUT2D eigenvalue weighted by molar-refractivity contribution is 0.261. The van der Waals surface area contributed by atoms with Gasteiger partial charge < -0.3 is 14.4 Å². The minimum atomic E-state index is -0.415. The van der Waals surface area contributed by atoms with E-state index in [0.29, 0.717) is 5.58 Å². The van der Waals surface area contributed by atoms with Gasteiger partial charge in [0.2, 0.25) is 0 Å². The van der Waals surface area contributed by atoms with Gasteiger partial charge in [-0.15, -0.1) is 0 Å². The molecule has 7 nitrogen and oxygen atoms in total. The number of aromatic hydroxyl groups is 1. The highest BCUT2D eigenvalue weighted by molar-refractivity contribution is 5.92. The van der Waals surface area contributed by atoms with E-state index in [-0.39, 0.29) is 5.75 Å². The maximum atomic E-state index is 11.3. The van der Waals surface area contributed by atoms with Crippen LogP contribution in [0.4, 0.5) is 5.69 Å². The number of anilines is 1. The van der Waals surface area contributed by atoms with Gasteiger partial charge in [-0.25, -0.2) is 4.79 Å². The van der Waals surface area contributed by atoms with Gasteiger partial charge in [0.25, 0.3) is 0 Å². The van der Waals surface area contributed by atoms with E-state index < -0.39 is 5.76 Å². The summed E-state index contributed by atoms with van der Waals surface area (Å²) in [5.41, 5.74) is 4.43. The van der Waals surface area contributed by atoms with Gasteiger partial charge >= 0.3 is 5.76 Å². The second-order valence-corrected chi connectivity index (χ2v) is 7.46. The molecule has 0 aliphatic carbocycles. The van der Waals surface area contributed by atoms with E-state index in [1.807, 2.05) is 36.4 Å². The summed E-state index contributed by atoms with van der Waals surface area (Å²) < 4.78 is 5.15. The molecule has 4 aromatic rings. The molecule has 0 radical (unpaired) electrons. The SMILES string of the molecule is O=c1[nH]c2ccc(CCN3CCN(c4cc(O)cc5cccnc45)CC3)cc2o1. The first-order valence-corrected chi connectivity index (χ1v) is 9.82. The van der Waals surface area contributed by atoms with E-state index in [0.717, 1.165) is 66.8 Å². The number of phenols is 1. The number of aromatic nitrogens is 2. The van der Waals surface area contributed by atoms with Crippen molar-refractivity contribution in [3.63, 3.8) is 0 Å². The number of H-pyrrole nitrogens is 1. The van der Waals surface area contributed by atoms with Gasteiger partial charge in [-0.3, -0.25) is 14.9 Å². The third kappa shape index (κ3) is 3.56. The van der Waals surface area contributed by atoms with Gasteiger partial charge in [0.1, 0.15) is 5.75 Å². The van der Waals surface area contributed by atoms with Crippen molar-refractivity contribution in [2.45, 2.75) is 6.42 Å². The van der Waals surface area contributed by atoms with Crippen LogP contribution in [0.25, 0.3) is 22.0 Å². The smallest absolute Gasteiger partial charge is 0.417 e. The molecular weight excluding hydrogens is 368 g/mol. The molecule has 0 saturated carbocycles. The average molecular weight is 390 g/mol. The van der Waals surface area contributed by atoms with Gasteiger partial charge in [-0.1, -0.05) is 12.1 Å². The predicted molar refractivity (Wildman–Crippen MR) is 113 cm³/mol. The first kappa shape index (κ1) is 17.8. The zero-order valence-electron chi connectivity index (χ0n) is 16.0. The Hall–Kier alpha value is -3.32. The molecular formula is C22H22N4O3. The molecule has 1 saturated heterocycles. The number of hydrogen-bond acceptors (Lipinski definition) is 6. The number of benzene rings is 2. The number of nitrogens with zero attached hydrogens (tertiary/aromatic N) is 3. The molecule has 148 valence electrons. The lowest BCUT2D eigenvalue weighted by Gasteiger charge is -2.36. The highest BCUT2D eigenvalue weighted by Gasteiger charge is 2.20. The minimum Gasteiger partial charge on any atom is -0.508 e. The Morgan fingerprint density at radius 3 is 2.83 bits per heavy atom. The molecule has 7 heteroatoms. The molecule has 0 bridgehead atoms. The molecule has 5 rings (SSSR count). The van der Waals surface area contributed by atoms with Crippen molar-refractivity contribution in [2.24, 2.45) is 0 Å². The molecule has 2 N–H and O–H groups in total. The number of fused-ring (bicyclic) bond motifs is 2. The second kappa shape index (κ2) is 7.25. The molecule has 1 aliphatic heterocycles. The first-order valence-electron chi connectivity index (χ1n) is 9.82. The van der Waals surface area contributed by atoms with Crippen molar-refractivity contribution in [1.29, 1.82) is 0 Å². The van der Waals surface area contributed by atoms with Gasteiger partial charge in [0.05, 0.1) is 16.7 Å². The Bertz CT molecular complexity index is 1220. The molecule has 1 fully saturated rings. The van der Waals surface area contributed by atoms with Crippen LogP contribution in [0.3, 0.4) is 0 Å². The molecule has 0 spiro atoms. The van der Waals surface area contributed by atoms with Gasteiger partial charge in [-0.05, 0) is 36.2 Å². The van der Waals surface area contributed by atoms with Crippen molar-refractivity contribution in [1.82, 2.24) is 14.9 Å². The summed E-state index contributed by atoms with van der Waals surface area (Å²) in [6.07, 6.45) is 2.70. The highest BCUT2D eigenvalue weighted by atomic mass is 16.4. The fourth-order valence-electron chi connectivity index (χ4n) is 4.04. The fourth-order valence-corrected chi connectivity index (χ4v) is 4.04. The molecule has 0 unspecified atom stereocenters. The molecule has 2 aromatic carbocycles. The third-order valence-corrected chi connectivity index (χ3v) is 5.58. The summed E-state index contributed by atoms with van der Waals surface area (Å²) in [7, 11) is 0. The summed E-state index contributed by atoms with van der Waals surface area (Å²) in [5.74, 6) is -0.142. The molecule has 29 heavy (non-hydrogen) atoms. The number of rotatable bonds is 4. The van der Waals surface area contributed by atoms with Crippen molar-refractivity contribution >= 4 is 27.7 Å². The lowest BCUT2D eigenvalue weighted by Crippen LogP contribution is -2.47. The predicted octanol–water partition coefficient (Wildman–Crippen LogP) is 2.74. The normalized spacial score (nSPS) is 15.4. The molecule has 0 atom stereocenters. The lowest BCUT2D eigenvalue weighted by atomic mass is 10.1. The Labute approximate surface area is 167 Å². The second-order valence-electron chi connectivity index (χ2n) is 7.46. The van der Waals surface area contributed by atoms with Crippen LogP contribution in [0.2, 0.25) is 0 Å². The third-order valence-electron chi connectivity index (χ3n) is 5.58. The number of pyridine rings is 1. The van der Waals surface area contributed by atoms with E-state index in [9.17, 15) is 9.90 Å². The van der Waals surface area contributed by atoms with Crippen LogP contribution in [0.15, 0.2) is 57.9 Å². The highest BCUT2D eigenvalue weighted by Crippen LogP contribution is 2.30.